The van der Waals surface area contributed by atoms with Gasteiger partial charge in [-0.3, -0.25) is 5.32 Å². The van der Waals surface area contributed by atoms with Crippen LogP contribution >= 0.6 is 0 Å². The molecule has 1 aromatic heterocycles. The lowest BCUT2D eigenvalue weighted by Crippen LogP contribution is -2.27. The van der Waals surface area contributed by atoms with Crippen LogP contribution in [0.2, 0.25) is 0 Å². The van der Waals surface area contributed by atoms with E-state index in [4.69, 9.17) is 4.74 Å². The second-order valence-corrected chi connectivity index (χ2v) is 4.67. The molecule has 1 aromatic rings. The van der Waals surface area contributed by atoms with E-state index >= 15 is 0 Å². The number of aromatic nitrogens is 1. The molecule has 0 atom stereocenters. The molecule has 0 fully saturated rings. The van der Waals surface area contributed by atoms with Crippen LogP contribution in [0, 0.1) is 5.82 Å². The maximum Gasteiger partial charge on any atom is 0.412 e. The topological polar surface area (TPSA) is 77.5 Å². The number of carbonyl (C=O) groups is 2. The van der Waals surface area contributed by atoms with Gasteiger partial charge in [-0.1, -0.05) is 0 Å². The van der Waals surface area contributed by atoms with Gasteiger partial charge in [-0.05, 0) is 26.8 Å². The van der Waals surface area contributed by atoms with Crippen LogP contribution in [-0.2, 0) is 9.47 Å². The third-order valence-corrected chi connectivity index (χ3v) is 1.89. The minimum Gasteiger partial charge on any atom is -0.464 e. The Balaban J connectivity index is 2.88. The number of rotatable bonds is 2. The summed E-state index contributed by atoms with van der Waals surface area (Å²) in [5.41, 5.74) is -1.03. The van der Waals surface area contributed by atoms with Crippen molar-refractivity contribution in [2.24, 2.45) is 0 Å². The number of esters is 1. The zero-order valence-electron chi connectivity index (χ0n) is 11.1. The molecule has 19 heavy (non-hydrogen) atoms. The molecule has 0 saturated carbocycles. The first-order chi connectivity index (χ1) is 8.73. The molecular formula is C12H15FN2O4. The van der Waals surface area contributed by atoms with Crippen molar-refractivity contribution in [3.63, 3.8) is 0 Å². The smallest absolute Gasteiger partial charge is 0.412 e. The molecule has 104 valence electrons. The molecule has 0 aliphatic carbocycles. The van der Waals surface area contributed by atoms with Crippen LogP contribution in [0.25, 0.3) is 0 Å². The summed E-state index contributed by atoms with van der Waals surface area (Å²) in [4.78, 5) is 26.3. The van der Waals surface area contributed by atoms with Crippen molar-refractivity contribution in [1.82, 2.24) is 4.98 Å². The molecule has 7 heteroatoms. The van der Waals surface area contributed by atoms with Gasteiger partial charge in [-0.25, -0.2) is 19.0 Å². The zero-order valence-corrected chi connectivity index (χ0v) is 11.1. The summed E-state index contributed by atoms with van der Waals surface area (Å²) < 4.78 is 22.9. The van der Waals surface area contributed by atoms with E-state index in [2.05, 4.69) is 15.0 Å². The Labute approximate surface area is 109 Å². The summed E-state index contributed by atoms with van der Waals surface area (Å²) >= 11 is 0. The number of carbonyl (C=O) groups excluding carboxylic acids is 2. The quantitative estimate of drug-likeness (QED) is 0.835. The largest absolute Gasteiger partial charge is 0.464 e. The van der Waals surface area contributed by atoms with Crippen molar-refractivity contribution in [3.8, 4) is 0 Å². The summed E-state index contributed by atoms with van der Waals surface area (Å²) in [5.74, 6) is -1.51. The van der Waals surface area contributed by atoms with Gasteiger partial charge in [0, 0.05) is 0 Å². The first-order valence-corrected chi connectivity index (χ1v) is 5.47. The first kappa shape index (κ1) is 14.9. The van der Waals surface area contributed by atoms with Crippen LogP contribution in [0.15, 0.2) is 12.3 Å². The summed E-state index contributed by atoms with van der Waals surface area (Å²) in [7, 11) is 1.17. The van der Waals surface area contributed by atoms with Gasteiger partial charge in [0.25, 0.3) is 0 Å². The Bertz CT molecular complexity index is 497. The molecule has 1 heterocycles. The van der Waals surface area contributed by atoms with Crippen molar-refractivity contribution < 1.29 is 23.5 Å². The van der Waals surface area contributed by atoms with Gasteiger partial charge < -0.3 is 9.47 Å². The number of nitrogens with one attached hydrogen (secondary N) is 1. The number of amides is 1. The number of anilines is 1. The van der Waals surface area contributed by atoms with Crippen LogP contribution in [0.3, 0.4) is 0 Å². The van der Waals surface area contributed by atoms with Crippen LogP contribution in [0.5, 0.6) is 0 Å². The Morgan fingerprint density at radius 3 is 2.53 bits per heavy atom. The van der Waals surface area contributed by atoms with Gasteiger partial charge in [-0.2, -0.15) is 0 Å². The number of nitrogens with zero attached hydrogens (tertiary/aromatic N) is 1. The Morgan fingerprint density at radius 1 is 1.37 bits per heavy atom. The Hall–Kier alpha value is -2.18. The lowest BCUT2D eigenvalue weighted by molar-refractivity contribution is 0.0589. The normalized spacial score (nSPS) is 10.8. The van der Waals surface area contributed by atoms with E-state index in [1.807, 2.05) is 0 Å². The summed E-state index contributed by atoms with van der Waals surface area (Å²) in [6.45, 7) is 5.03. The summed E-state index contributed by atoms with van der Waals surface area (Å²) in [6, 6.07) is 1.07. The molecule has 0 aliphatic heterocycles. The lowest BCUT2D eigenvalue weighted by atomic mass is 10.2. The van der Waals surface area contributed by atoms with Crippen molar-refractivity contribution in [1.29, 1.82) is 0 Å². The molecule has 0 unspecified atom stereocenters. The van der Waals surface area contributed by atoms with E-state index < -0.39 is 23.5 Å². The number of halogens is 1. The van der Waals surface area contributed by atoms with E-state index in [0.29, 0.717) is 0 Å². The van der Waals surface area contributed by atoms with Crippen LogP contribution < -0.4 is 5.32 Å². The highest BCUT2D eigenvalue weighted by Crippen LogP contribution is 2.16. The van der Waals surface area contributed by atoms with Gasteiger partial charge in [0.1, 0.15) is 5.60 Å². The van der Waals surface area contributed by atoms with E-state index in [0.717, 1.165) is 12.3 Å². The Morgan fingerprint density at radius 2 is 2.00 bits per heavy atom. The number of pyridine rings is 1. The molecule has 1 N–H and O–H groups in total. The van der Waals surface area contributed by atoms with Crippen molar-refractivity contribution >= 4 is 17.7 Å². The second kappa shape index (κ2) is 5.64. The standard InChI is InChI=1S/C12H15FN2O4/c1-12(2,3)19-11(17)15-8-5-9(10(16)18-4)14-6-7(8)13/h5-6H,1-4H3,(H,14,15,17). The molecule has 0 aliphatic rings. The van der Waals surface area contributed by atoms with E-state index in [9.17, 15) is 14.0 Å². The number of hydrogen-bond acceptors (Lipinski definition) is 5. The van der Waals surface area contributed by atoms with Crippen LogP contribution in [-0.4, -0.2) is 29.8 Å². The molecular weight excluding hydrogens is 255 g/mol. The van der Waals surface area contributed by atoms with E-state index in [-0.39, 0.29) is 11.4 Å². The SMILES string of the molecule is COC(=O)c1cc(NC(=O)OC(C)(C)C)c(F)cn1. The highest BCUT2D eigenvalue weighted by molar-refractivity contribution is 5.90. The molecule has 0 saturated heterocycles. The number of methoxy groups -OCH3 is 1. The van der Waals surface area contributed by atoms with Gasteiger partial charge in [0.2, 0.25) is 0 Å². The second-order valence-electron chi connectivity index (χ2n) is 4.67. The molecule has 0 spiro atoms. The van der Waals surface area contributed by atoms with Gasteiger partial charge in [0.15, 0.2) is 11.5 Å². The molecule has 0 bridgehead atoms. The predicted molar refractivity (Wildman–Crippen MR) is 65.4 cm³/mol. The van der Waals surface area contributed by atoms with Crippen molar-refractivity contribution in [2.45, 2.75) is 26.4 Å². The van der Waals surface area contributed by atoms with Gasteiger partial charge >= 0.3 is 12.1 Å². The minimum atomic E-state index is -0.826. The van der Waals surface area contributed by atoms with E-state index in [1.54, 1.807) is 20.8 Å². The van der Waals surface area contributed by atoms with E-state index in [1.165, 1.54) is 7.11 Å². The van der Waals surface area contributed by atoms with Crippen molar-refractivity contribution in [2.75, 3.05) is 12.4 Å². The third kappa shape index (κ3) is 4.53. The highest BCUT2D eigenvalue weighted by atomic mass is 19.1. The molecule has 1 amide bonds. The zero-order chi connectivity index (χ0) is 14.6. The molecule has 0 radical (unpaired) electrons. The average Bonchev–Trinajstić information content (AvgIpc) is 2.28. The highest BCUT2D eigenvalue weighted by Gasteiger charge is 2.18. The van der Waals surface area contributed by atoms with Crippen LogP contribution in [0.1, 0.15) is 31.3 Å². The fourth-order valence-corrected chi connectivity index (χ4v) is 1.16. The first-order valence-electron chi connectivity index (χ1n) is 5.47. The van der Waals surface area contributed by atoms with Crippen molar-refractivity contribution in [3.05, 3.63) is 23.8 Å². The minimum absolute atomic E-state index is 0.116. The van der Waals surface area contributed by atoms with Gasteiger partial charge in [0.05, 0.1) is 19.0 Å². The fourth-order valence-electron chi connectivity index (χ4n) is 1.16. The summed E-state index contributed by atoms with van der Waals surface area (Å²) in [6.07, 6.45) is -0.00713. The number of ether oxygens (including phenoxy) is 2. The maximum absolute atomic E-state index is 13.4. The summed E-state index contributed by atoms with van der Waals surface area (Å²) in [5, 5.41) is 2.20. The molecule has 6 nitrogen and oxygen atoms in total. The van der Waals surface area contributed by atoms with Crippen LogP contribution in [0.4, 0.5) is 14.9 Å². The van der Waals surface area contributed by atoms with Gasteiger partial charge in [-0.15, -0.1) is 0 Å². The fraction of sp³-hybridized carbons (Fsp3) is 0.417. The lowest BCUT2D eigenvalue weighted by Gasteiger charge is -2.19. The maximum atomic E-state index is 13.4. The predicted octanol–water partition coefficient (Wildman–Crippen LogP) is 2.35. The monoisotopic (exact) mass is 270 g/mol. The third-order valence-electron chi connectivity index (χ3n) is 1.89. The Kier molecular flexibility index (Phi) is 4.42. The molecule has 1 rings (SSSR count). The molecule has 0 aromatic carbocycles. The average molecular weight is 270 g/mol. The number of hydrogen-bond donors (Lipinski definition) is 1.